The largest absolute Gasteiger partial charge is 0.472 e. The van der Waals surface area contributed by atoms with Crippen molar-refractivity contribution < 1.29 is 37.3 Å². The summed E-state index contributed by atoms with van der Waals surface area (Å²) in [6.07, 6.45) is 1.59. The third-order valence-corrected chi connectivity index (χ3v) is 4.25. The van der Waals surface area contributed by atoms with Gasteiger partial charge in [0.05, 0.1) is 40.9 Å². The Morgan fingerprint density at radius 3 is 2.14 bits per heavy atom. The molecule has 0 radical (unpaired) electrons. The van der Waals surface area contributed by atoms with E-state index in [2.05, 4.69) is 31.0 Å². The third-order valence-electron chi connectivity index (χ3n) is 3.31. The van der Waals surface area contributed by atoms with E-state index in [-0.39, 0.29) is 19.1 Å². The van der Waals surface area contributed by atoms with Crippen LogP contribution in [0.25, 0.3) is 0 Å². The number of hydrogen-bond donors (Lipinski definition) is 2. The quantitative estimate of drug-likeness (QED) is 0.227. The van der Waals surface area contributed by atoms with E-state index in [4.69, 9.17) is 18.9 Å². The van der Waals surface area contributed by atoms with E-state index < -0.39 is 13.9 Å². The number of quaternary nitrogens is 1. The Morgan fingerprint density at radius 1 is 1.07 bits per heavy atom. The minimum Gasteiger partial charge on any atom is -0.379 e. The molecule has 0 rings (SSSR count). The van der Waals surface area contributed by atoms with Crippen LogP contribution >= 0.6 is 7.82 Å². The molecule has 0 aliphatic heterocycles. The molecule has 2 unspecified atom stereocenters. The molecule has 10 heteroatoms. The van der Waals surface area contributed by atoms with Crippen LogP contribution in [0.1, 0.15) is 47.0 Å². The second kappa shape index (κ2) is 20.7. The zero-order chi connectivity index (χ0) is 23.3. The second-order valence-electron chi connectivity index (χ2n) is 6.70. The summed E-state index contributed by atoms with van der Waals surface area (Å²) in [6.45, 7) is 10.1. The molecule has 1 amide bonds. The smallest absolute Gasteiger partial charge is 0.379 e. The van der Waals surface area contributed by atoms with Crippen LogP contribution in [0.4, 0.5) is 0 Å². The van der Waals surface area contributed by atoms with Crippen LogP contribution in [-0.2, 0) is 27.9 Å². The van der Waals surface area contributed by atoms with Crippen molar-refractivity contribution in [2.45, 2.75) is 53.1 Å². The number of nitrogens with one attached hydrogen (secondary N) is 1. The molecule has 0 bridgehead atoms. The number of rotatable bonds is 15. The highest BCUT2D eigenvalue weighted by Gasteiger charge is 2.21. The van der Waals surface area contributed by atoms with Crippen LogP contribution in [0.5, 0.6) is 0 Å². The number of carbonyl (C=O) groups is 1. The highest BCUT2D eigenvalue weighted by molar-refractivity contribution is 7.47. The van der Waals surface area contributed by atoms with Gasteiger partial charge in [0, 0.05) is 40.2 Å². The summed E-state index contributed by atoms with van der Waals surface area (Å²) in [6, 6.07) is 0. The van der Waals surface area contributed by atoms with Gasteiger partial charge in [0.2, 0.25) is 5.91 Å². The summed E-state index contributed by atoms with van der Waals surface area (Å²) >= 11 is 0. The van der Waals surface area contributed by atoms with Crippen LogP contribution in [-0.4, -0.2) is 89.7 Å². The monoisotopic (exact) mass is 445 g/mol. The molecule has 178 valence electrons. The fourth-order valence-electron chi connectivity index (χ4n) is 1.83. The van der Waals surface area contributed by atoms with Gasteiger partial charge >= 0.3 is 7.82 Å². The molecule has 0 aromatic carbocycles. The zero-order valence-corrected chi connectivity index (χ0v) is 20.9. The number of phosphoric acid groups is 1. The molecule has 0 aromatic heterocycles. The Morgan fingerprint density at radius 2 is 1.66 bits per heavy atom. The van der Waals surface area contributed by atoms with Crippen LogP contribution in [0.15, 0.2) is 0 Å². The molecule has 0 saturated heterocycles. The summed E-state index contributed by atoms with van der Waals surface area (Å²) < 4.78 is 31.6. The summed E-state index contributed by atoms with van der Waals surface area (Å²) in [5, 5.41) is 2.86. The van der Waals surface area contributed by atoms with Crippen LogP contribution < -0.4 is 5.32 Å². The Kier molecular flexibility index (Phi) is 23.7. The van der Waals surface area contributed by atoms with Gasteiger partial charge in [-0.15, -0.1) is 0 Å². The average molecular weight is 446 g/mol. The maximum Gasteiger partial charge on any atom is 0.472 e. The maximum atomic E-state index is 11.7. The molecular formula is C19H46N2O7P+. The van der Waals surface area contributed by atoms with E-state index in [0.29, 0.717) is 26.0 Å². The van der Waals surface area contributed by atoms with Crippen molar-refractivity contribution in [3.63, 3.8) is 0 Å². The number of carbonyl (C=O) groups excluding carboxylic acids is 1. The van der Waals surface area contributed by atoms with Crippen molar-refractivity contribution in [3.8, 4) is 0 Å². The predicted octanol–water partition coefficient (Wildman–Crippen LogP) is 2.83. The lowest BCUT2D eigenvalue weighted by molar-refractivity contribution is -0.870. The van der Waals surface area contributed by atoms with Gasteiger partial charge in [-0.3, -0.25) is 13.8 Å². The lowest BCUT2D eigenvalue weighted by Gasteiger charge is -2.23. The molecule has 2 atom stereocenters. The molecule has 0 aliphatic carbocycles. The number of nitrogens with zero attached hydrogens (tertiary/aromatic N) is 1. The van der Waals surface area contributed by atoms with Crippen molar-refractivity contribution >= 4 is 13.7 Å². The fraction of sp³-hybridized carbons (Fsp3) is 0.947. The van der Waals surface area contributed by atoms with Gasteiger partial charge in [-0.1, -0.05) is 27.7 Å². The fourth-order valence-corrected chi connectivity index (χ4v) is 2.29. The van der Waals surface area contributed by atoms with Crippen molar-refractivity contribution in [2.24, 2.45) is 0 Å². The van der Waals surface area contributed by atoms with Gasteiger partial charge < -0.3 is 24.2 Å². The zero-order valence-electron chi connectivity index (χ0n) is 20.0. The molecule has 29 heavy (non-hydrogen) atoms. The van der Waals surface area contributed by atoms with Gasteiger partial charge in [-0.2, -0.15) is 0 Å². The lowest BCUT2D eigenvalue weighted by Crippen LogP contribution is -2.36. The second-order valence-corrected chi connectivity index (χ2v) is 8.26. The lowest BCUT2D eigenvalue weighted by atomic mass is 10.2. The van der Waals surface area contributed by atoms with Gasteiger partial charge in [0.25, 0.3) is 0 Å². The summed E-state index contributed by atoms with van der Waals surface area (Å²) in [4.78, 5) is 20.8. The highest BCUT2D eigenvalue weighted by Crippen LogP contribution is 2.41. The van der Waals surface area contributed by atoms with Crippen molar-refractivity contribution in [3.05, 3.63) is 0 Å². The molecule has 0 saturated carbocycles. The molecular weight excluding hydrogens is 399 g/mol. The van der Waals surface area contributed by atoms with Gasteiger partial charge in [0.15, 0.2) is 0 Å². The topological polar surface area (TPSA) is 103 Å². The Bertz CT molecular complexity index is 418. The van der Waals surface area contributed by atoms with Crippen molar-refractivity contribution in [2.75, 3.05) is 68.3 Å². The first kappa shape index (κ1) is 33.1. The van der Waals surface area contributed by atoms with Gasteiger partial charge in [-0.05, 0) is 6.42 Å². The molecule has 0 spiro atoms. The molecule has 0 aliphatic rings. The van der Waals surface area contributed by atoms with E-state index >= 15 is 0 Å². The molecule has 0 aromatic rings. The predicted molar refractivity (Wildman–Crippen MR) is 117 cm³/mol. The van der Waals surface area contributed by atoms with Crippen molar-refractivity contribution in [1.29, 1.82) is 0 Å². The Balaban J connectivity index is -0.00000158. The van der Waals surface area contributed by atoms with Crippen LogP contribution in [0.3, 0.4) is 0 Å². The molecule has 0 fully saturated rings. The summed E-state index contributed by atoms with van der Waals surface area (Å²) in [7, 11) is 4.85. The molecule has 2 N–H and O–H groups in total. The van der Waals surface area contributed by atoms with Crippen LogP contribution in [0, 0.1) is 0 Å². The molecule has 0 heterocycles. The minimum absolute atomic E-state index is 0.0508. The number of amides is 1. The molecule has 9 nitrogen and oxygen atoms in total. The van der Waals surface area contributed by atoms with Crippen molar-refractivity contribution in [1.82, 2.24) is 5.32 Å². The first-order valence-corrected chi connectivity index (χ1v) is 11.8. The third kappa shape index (κ3) is 25.4. The number of hydrogen-bond acceptors (Lipinski definition) is 6. The highest BCUT2D eigenvalue weighted by atomic mass is 31.2. The minimum atomic E-state index is -4.01. The van der Waals surface area contributed by atoms with E-state index in [9.17, 15) is 9.36 Å². The first-order chi connectivity index (χ1) is 13.6. The number of methoxy groups -OCH3 is 1. The van der Waals surface area contributed by atoms with E-state index in [1.54, 1.807) is 0 Å². The summed E-state index contributed by atoms with van der Waals surface area (Å²) in [5.41, 5.74) is 0. The van der Waals surface area contributed by atoms with Gasteiger partial charge in [0.1, 0.15) is 6.10 Å². The Labute approximate surface area is 178 Å². The van der Waals surface area contributed by atoms with Crippen LogP contribution in [0.2, 0.25) is 0 Å². The number of ether oxygens (including phenoxy) is 2. The first-order valence-electron chi connectivity index (χ1n) is 10.3. The summed E-state index contributed by atoms with van der Waals surface area (Å²) in [5.74, 6) is 0.0508. The number of phosphoric ester groups is 1. The average Bonchev–Trinajstić information content (AvgIpc) is 2.69. The van der Waals surface area contributed by atoms with E-state index in [0.717, 1.165) is 24.6 Å². The maximum absolute atomic E-state index is 11.7. The normalized spacial score (nSPS) is 13.9. The standard InChI is InChI=1S/C15H33N2O7P.2C2H6/c1-17(2,3)10-6-8-15(18)16-9-7-11-23-12-14(21-4)13-24-25(19,20)22-5;2*1-2/h14H,6-13H2,1-5H3,(H-,16,18,19,20);2*1-2H3/p+1. The van der Waals surface area contributed by atoms with E-state index in [1.807, 2.05) is 27.7 Å². The Hall–Kier alpha value is -0.540. The van der Waals surface area contributed by atoms with Gasteiger partial charge in [-0.25, -0.2) is 4.57 Å². The van der Waals surface area contributed by atoms with E-state index in [1.165, 1.54) is 7.11 Å². The SMILES string of the molecule is CC.CC.COC(COCCCNC(=O)CCC[N+](C)(C)C)COP(=O)(O)OC.